The summed E-state index contributed by atoms with van der Waals surface area (Å²) >= 11 is 0. The van der Waals surface area contributed by atoms with Gasteiger partial charge in [-0.05, 0) is 37.1 Å². The predicted octanol–water partition coefficient (Wildman–Crippen LogP) is 0.969. The molecular formula is C10H20N2. The molecule has 2 aliphatic rings. The van der Waals surface area contributed by atoms with Crippen molar-refractivity contribution in [2.45, 2.75) is 32.2 Å². The normalized spacial score (nSPS) is 46.5. The highest BCUT2D eigenvalue weighted by Gasteiger charge is 2.42. The number of fused-ring (bicyclic) bond motifs is 2. The molecule has 4 unspecified atom stereocenters. The highest BCUT2D eigenvalue weighted by Crippen LogP contribution is 2.43. The second kappa shape index (κ2) is 3.35. The van der Waals surface area contributed by atoms with E-state index in [0.717, 1.165) is 24.3 Å². The first kappa shape index (κ1) is 8.52. The maximum atomic E-state index is 5.74. The third-order valence-corrected chi connectivity index (χ3v) is 3.91. The van der Waals surface area contributed by atoms with Crippen molar-refractivity contribution in [3.8, 4) is 0 Å². The highest BCUT2D eigenvalue weighted by molar-refractivity contribution is 4.96. The quantitative estimate of drug-likeness (QED) is 0.645. The van der Waals surface area contributed by atoms with Crippen LogP contribution in [0, 0.1) is 17.8 Å². The fraction of sp³-hybridized carbons (Fsp3) is 1.00. The van der Waals surface area contributed by atoms with Gasteiger partial charge in [-0.3, -0.25) is 0 Å². The Bertz CT molecular complexity index is 158. The topological polar surface area (TPSA) is 38.0 Å². The van der Waals surface area contributed by atoms with Gasteiger partial charge >= 0.3 is 0 Å². The molecule has 70 valence electrons. The summed E-state index contributed by atoms with van der Waals surface area (Å²) in [5.74, 6) is 2.82. The first-order valence-corrected chi connectivity index (χ1v) is 5.30. The van der Waals surface area contributed by atoms with Crippen LogP contribution in [-0.4, -0.2) is 19.1 Å². The molecule has 0 aromatic heterocycles. The molecule has 2 rings (SSSR count). The molecule has 0 spiro atoms. The summed E-state index contributed by atoms with van der Waals surface area (Å²) in [4.78, 5) is 0. The smallest absolute Gasteiger partial charge is 0.0221 e. The fourth-order valence-electron chi connectivity index (χ4n) is 3.29. The molecule has 1 saturated carbocycles. The molecule has 0 aromatic rings. The average molecular weight is 168 g/mol. The number of nitrogens with one attached hydrogen (secondary N) is 1. The van der Waals surface area contributed by atoms with E-state index in [0.29, 0.717) is 6.04 Å². The van der Waals surface area contributed by atoms with Crippen LogP contribution >= 0.6 is 0 Å². The predicted molar refractivity (Wildman–Crippen MR) is 50.8 cm³/mol. The van der Waals surface area contributed by atoms with Gasteiger partial charge in [0, 0.05) is 12.6 Å². The van der Waals surface area contributed by atoms with E-state index >= 15 is 0 Å². The van der Waals surface area contributed by atoms with Crippen molar-refractivity contribution < 1.29 is 0 Å². The summed E-state index contributed by atoms with van der Waals surface area (Å²) in [6.45, 7) is 4.37. The minimum atomic E-state index is 0.619. The Balaban J connectivity index is 2.07. The molecule has 2 bridgehead atoms. The van der Waals surface area contributed by atoms with E-state index in [1.807, 2.05) is 0 Å². The maximum Gasteiger partial charge on any atom is 0.0221 e. The van der Waals surface area contributed by atoms with Crippen molar-refractivity contribution in [1.29, 1.82) is 0 Å². The van der Waals surface area contributed by atoms with Crippen LogP contribution in [0.5, 0.6) is 0 Å². The summed E-state index contributed by atoms with van der Waals surface area (Å²) in [5, 5.41) is 3.57. The van der Waals surface area contributed by atoms with Crippen LogP contribution in [-0.2, 0) is 0 Å². The number of rotatable bonds is 2. The van der Waals surface area contributed by atoms with E-state index in [4.69, 9.17) is 5.73 Å². The summed E-state index contributed by atoms with van der Waals surface area (Å²) < 4.78 is 0. The molecule has 12 heavy (non-hydrogen) atoms. The van der Waals surface area contributed by atoms with Crippen molar-refractivity contribution in [3.63, 3.8) is 0 Å². The molecule has 1 saturated heterocycles. The number of piperidine rings is 1. The van der Waals surface area contributed by atoms with Crippen LogP contribution in [0.25, 0.3) is 0 Å². The van der Waals surface area contributed by atoms with Crippen LogP contribution in [0.15, 0.2) is 0 Å². The van der Waals surface area contributed by atoms with Gasteiger partial charge in [-0.1, -0.05) is 13.3 Å². The molecule has 1 aliphatic heterocycles. The van der Waals surface area contributed by atoms with Crippen LogP contribution in [0.3, 0.4) is 0 Å². The Morgan fingerprint density at radius 1 is 1.42 bits per heavy atom. The molecule has 2 nitrogen and oxygen atoms in total. The van der Waals surface area contributed by atoms with Gasteiger partial charge in [0.15, 0.2) is 0 Å². The van der Waals surface area contributed by atoms with Gasteiger partial charge in [0.1, 0.15) is 0 Å². The highest BCUT2D eigenvalue weighted by atomic mass is 15.0. The Kier molecular flexibility index (Phi) is 2.37. The Morgan fingerprint density at radius 2 is 2.25 bits per heavy atom. The first-order chi connectivity index (χ1) is 5.86. The van der Waals surface area contributed by atoms with Gasteiger partial charge in [-0.2, -0.15) is 0 Å². The fourth-order valence-corrected chi connectivity index (χ4v) is 3.29. The van der Waals surface area contributed by atoms with Gasteiger partial charge in [0.05, 0.1) is 0 Å². The Morgan fingerprint density at radius 3 is 2.92 bits per heavy atom. The van der Waals surface area contributed by atoms with Crippen LogP contribution in [0.4, 0.5) is 0 Å². The van der Waals surface area contributed by atoms with Gasteiger partial charge in [-0.25, -0.2) is 0 Å². The van der Waals surface area contributed by atoms with Crippen molar-refractivity contribution in [2.24, 2.45) is 23.5 Å². The summed E-state index contributed by atoms with van der Waals surface area (Å²) in [5.41, 5.74) is 5.74. The molecule has 1 heterocycles. The third-order valence-electron chi connectivity index (χ3n) is 3.91. The zero-order valence-electron chi connectivity index (χ0n) is 7.92. The van der Waals surface area contributed by atoms with E-state index in [-0.39, 0.29) is 0 Å². The zero-order valence-corrected chi connectivity index (χ0v) is 7.92. The van der Waals surface area contributed by atoms with Crippen molar-refractivity contribution in [1.82, 2.24) is 5.32 Å². The number of hydrogen-bond donors (Lipinski definition) is 2. The largest absolute Gasteiger partial charge is 0.329 e. The molecule has 0 radical (unpaired) electrons. The van der Waals surface area contributed by atoms with Gasteiger partial charge < -0.3 is 11.1 Å². The van der Waals surface area contributed by atoms with E-state index in [1.54, 1.807) is 0 Å². The monoisotopic (exact) mass is 168 g/mol. The van der Waals surface area contributed by atoms with E-state index in [1.165, 1.54) is 25.8 Å². The van der Waals surface area contributed by atoms with Gasteiger partial charge in [-0.15, -0.1) is 0 Å². The zero-order chi connectivity index (χ0) is 8.55. The van der Waals surface area contributed by atoms with Crippen LogP contribution in [0.1, 0.15) is 26.2 Å². The molecule has 0 amide bonds. The first-order valence-electron chi connectivity index (χ1n) is 5.30. The lowest BCUT2D eigenvalue weighted by atomic mass is 9.80. The minimum Gasteiger partial charge on any atom is -0.329 e. The maximum absolute atomic E-state index is 5.74. The molecule has 2 heteroatoms. The second-order valence-electron chi connectivity index (χ2n) is 4.32. The Labute approximate surface area is 74.9 Å². The number of hydrogen-bond acceptors (Lipinski definition) is 2. The number of nitrogens with two attached hydrogens (primary N) is 1. The summed E-state index contributed by atoms with van der Waals surface area (Å²) in [6, 6.07) is 0.619. The Hall–Kier alpha value is -0.0800. The minimum absolute atomic E-state index is 0.619. The lowest BCUT2D eigenvalue weighted by Crippen LogP contribution is -2.50. The summed E-state index contributed by atoms with van der Waals surface area (Å²) in [7, 11) is 0. The molecule has 4 atom stereocenters. The van der Waals surface area contributed by atoms with Crippen molar-refractivity contribution in [2.75, 3.05) is 13.1 Å². The molecule has 2 fully saturated rings. The van der Waals surface area contributed by atoms with Gasteiger partial charge in [0.25, 0.3) is 0 Å². The van der Waals surface area contributed by atoms with Crippen LogP contribution in [0.2, 0.25) is 0 Å². The van der Waals surface area contributed by atoms with E-state index in [9.17, 15) is 0 Å². The van der Waals surface area contributed by atoms with E-state index in [2.05, 4.69) is 12.2 Å². The third kappa shape index (κ3) is 1.17. The molecule has 3 N–H and O–H groups in total. The molecule has 1 aliphatic carbocycles. The van der Waals surface area contributed by atoms with E-state index < -0.39 is 0 Å². The lowest BCUT2D eigenvalue weighted by molar-refractivity contribution is 0.185. The van der Waals surface area contributed by atoms with Crippen molar-refractivity contribution in [3.05, 3.63) is 0 Å². The second-order valence-corrected chi connectivity index (χ2v) is 4.32. The SMILES string of the molecule is CCC1C2CCC1C(CN)NC2. The van der Waals surface area contributed by atoms with Crippen LogP contribution < -0.4 is 11.1 Å². The summed E-state index contributed by atoms with van der Waals surface area (Å²) in [6.07, 6.45) is 4.21. The lowest BCUT2D eigenvalue weighted by Gasteiger charge is -2.36. The average Bonchev–Trinajstić information content (AvgIpc) is 2.40. The molecule has 0 aromatic carbocycles. The van der Waals surface area contributed by atoms with Gasteiger partial charge in [0.2, 0.25) is 0 Å². The van der Waals surface area contributed by atoms with Crippen molar-refractivity contribution >= 4 is 0 Å². The standard InChI is InChI=1S/C10H20N2/c1-2-8-7-3-4-9(8)10(5-11)12-6-7/h7-10,12H,2-6,11H2,1H3. The molecular weight excluding hydrogens is 148 g/mol.